The van der Waals surface area contributed by atoms with Gasteiger partial charge in [0.1, 0.15) is 5.76 Å². The summed E-state index contributed by atoms with van der Waals surface area (Å²) in [6.45, 7) is 3.70. The van der Waals surface area contributed by atoms with Crippen LogP contribution < -0.4 is 14.8 Å². The molecule has 5 nitrogen and oxygen atoms in total. The van der Waals surface area contributed by atoms with Crippen molar-refractivity contribution in [3.8, 4) is 11.5 Å². The summed E-state index contributed by atoms with van der Waals surface area (Å²) in [4.78, 5) is 12.0. The zero-order valence-electron chi connectivity index (χ0n) is 13.5. The second kappa shape index (κ2) is 8.08. The molecule has 1 amide bonds. The van der Waals surface area contributed by atoms with Crippen LogP contribution >= 0.6 is 0 Å². The van der Waals surface area contributed by atoms with E-state index < -0.39 is 0 Å². The summed E-state index contributed by atoms with van der Waals surface area (Å²) in [6.07, 6.45) is 5.48. The molecule has 0 spiro atoms. The van der Waals surface area contributed by atoms with Crippen molar-refractivity contribution in [1.82, 2.24) is 5.32 Å². The number of hydrogen-bond acceptors (Lipinski definition) is 4. The van der Waals surface area contributed by atoms with Gasteiger partial charge in [0.15, 0.2) is 18.1 Å². The summed E-state index contributed by atoms with van der Waals surface area (Å²) < 4.78 is 16.1. The van der Waals surface area contributed by atoms with Crippen LogP contribution in [-0.2, 0) is 4.79 Å². The molecule has 1 heterocycles. The second-order valence-corrected chi connectivity index (χ2v) is 5.00. The number of rotatable bonds is 7. The average Bonchev–Trinajstić information content (AvgIpc) is 3.08. The molecule has 0 saturated heterocycles. The first kappa shape index (κ1) is 16.7. The van der Waals surface area contributed by atoms with Gasteiger partial charge >= 0.3 is 0 Å². The number of carbonyl (C=O) groups excluding carboxylic acids is 1. The van der Waals surface area contributed by atoms with Gasteiger partial charge in [0.05, 0.1) is 19.4 Å². The number of allylic oxidation sites excluding steroid dienone is 1. The van der Waals surface area contributed by atoms with Gasteiger partial charge in [-0.25, -0.2) is 0 Å². The van der Waals surface area contributed by atoms with Crippen LogP contribution in [0.5, 0.6) is 11.5 Å². The lowest BCUT2D eigenvalue weighted by atomic mass is 10.2. The number of amides is 1. The standard InChI is InChI=1S/C18H21NO4/c1-4-6-14-8-9-16(17(11-14)21-3)23-12-18(20)19-13(2)15-7-5-10-22-15/h4-11,13H,12H2,1-3H3,(H,19,20)/b6-4+. The largest absolute Gasteiger partial charge is 0.493 e. The predicted molar refractivity (Wildman–Crippen MR) is 88.5 cm³/mol. The highest BCUT2D eigenvalue weighted by molar-refractivity contribution is 5.78. The number of carbonyl (C=O) groups is 1. The third-order valence-corrected chi connectivity index (χ3v) is 3.25. The van der Waals surface area contributed by atoms with Gasteiger partial charge < -0.3 is 19.2 Å². The summed E-state index contributed by atoms with van der Waals surface area (Å²) in [7, 11) is 1.57. The van der Waals surface area contributed by atoms with Gasteiger partial charge in [-0.3, -0.25) is 4.79 Å². The molecule has 2 aromatic rings. The first-order valence-electron chi connectivity index (χ1n) is 7.40. The van der Waals surface area contributed by atoms with E-state index in [1.54, 1.807) is 25.5 Å². The molecule has 0 fully saturated rings. The van der Waals surface area contributed by atoms with Crippen molar-refractivity contribution >= 4 is 12.0 Å². The Morgan fingerprint density at radius 3 is 2.83 bits per heavy atom. The molecule has 1 N–H and O–H groups in total. The third kappa shape index (κ3) is 4.64. The van der Waals surface area contributed by atoms with Crippen molar-refractivity contribution in [2.75, 3.05) is 13.7 Å². The Morgan fingerprint density at radius 2 is 2.17 bits per heavy atom. The normalized spacial score (nSPS) is 12.1. The van der Waals surface area contributed by atoms with Gasteiger partial charge in [-0.2, -0.15) is 0 Å². The third-order valence-electron chi connectivity index (χ3n) is 3.25. The fourth-order valence-corrected chi connectivity index (χ4v) is 2.13. The Labute approximate surface area is 135 Å². The molecule has 1 atom stereocenters. The quantitative estimate of drug-likeness (QED) is 0.848. The number of hydrogen-bond donors (Lipinski definition) is 1. The number of nitrogens with one attached hydrogen (secondary N) is 1. The molecule has 1 unspecified atom stereocenters. The zero-order valence-corrected chi connectivity index (χ0v) is 13.5. The van der Waals surface area contributed by atoms with Crippen LogP contribution in [0.2, 0.25) is 0 Å². The van der Waals surface area contributed by atoms with Crippen LogP contribution in [0.4, 0.5) is 0 Å². The van der Waals surface area contributed by atoms with Crippen LogP contribution in [0.1, 0.15) is 31.2 Å². The minimum Gasteiger partial charge on any atom is -0.493 e. The van der Waals surface area contributed by atoms with Crippen LogP contribution in [0.3, 0.4) is 0 Å². The molecular formula is C18H21NO4. The van der Waals surface area contributed by atoms with Gasteiger partial charge in [-0.05, 0) is 43.7 Å². The minimum absolute atomic E-state index is 0.0929. The topological polar surface area (TPSA) is 60.7 Å². The monoisotopic (exact) mass is 315 g/mol. The highest BCUT2D eigenvalue weighted by Gasteiger charge is 2.13. The van der Waals surface area contributed by atoms with Crippen molar-refractivity contribution in [3.05, 3.63) is 54.0 Å². The van der Waals surface area contributed by atoms with Crippen LogP contribution in [0, 0.1) is 0 Å². The van der Waals surface area contributed by atoms with E-state index in [1.807, 2.05) is 44.2 Å². The maximum atomic E-state index is 12.0. The summed E-state index contributed by atoms with van der Waals surface area (Å²) in [5.74, 6) is 1.59. The summed E-state index contributed by atoms with van der Waals surface area (Å²) in [6, 6.07) is 8.94. The maximum absolute atomic E-state index is 12.0. The highest BCUT2D eigenvalue weighted by Crippen LogP contribution is 2.28. The molecule has 0 aliphatic carbocycles. The number of methoxy groups -OCH3 is 1. The van der Waals surface area contributed by atoms with Gasteiger partial charge in [0.25, 0.3) is 5.91 Å². The van der Waals surface area contributed by atoms with Crippen LogP contribution in [0.25, 0.3) is 6.08 Å². The van der Waals surface area contributed by atoms with Crippen LogP contribution in [0.15, 0.2) is 47.1 Å². The lowest BCUT2D eigenvalue weighted by Gasteiger charge is -2.14. The molecule has 5 heteroatoms. The van der Waals surface area contributed by atoms with Gasteiger partial charge in [0, 0.05) is 0 Å². The Hall–Kier alpha value is -2.69. The molecule has 0 saturated carbocycles. The molecule has 0 aliphatic rings. The van der Waals surface area contributed by atoms with E-state index in [2.05, 4.69) is 5.32 Å². The molecule has 122 valence electrons. The van der Waals surface area contributed by atoms with E-state index in [1.165, 1.54) is 0 Å². The van der Waals surface area contributed by atoms with Crippen molar-refractivity contribution < 1.29 is 18.7 Å². The highest BCUT2D eigenvalue weighted by atomic mass is 16.5. The first-order chi connectivity index (χ1) is 11.1. The molecule has 1 aromatic carbocycles. The SMILES string of the molecule is C/C=C/c1ccc(OCC(=O)NC(C)c2ccco2)c(OC)c1. The number of ether oxygens (including phenoxy) is 2. The van der Waals surface area contributed by atoms with Gasteiger partial charge in [0.2, 0.25) is 0 Å². The van der Waals surface area contributed by atoms with Gasteiger partial charge in [-0.15, -0.1) is 0 Å². The lowest BCUT2D eigenvalue weighted by molar-refractivity contribution is -0.123. The Bertz CT molecular complexity index is 662. The fourth-order valence-electron chi connectivity index (χ4n) is 2.13. The van der Waals surface area contributed by atoms with E-state index in [-0.39, 0.29) is 18.6 Å². The lowest BCUT2D eigenvalue weighted by Crippen LogP contribution is -2.31. The Balaban J connectivity index is 1.93. The minimum atomic E-state index is -0.228. The molecule has 2 rings (SSSR count). The average molecular weight is 315 g/mol. The zero-order chi connectivity index (χ0) is 16.7. The molecule has 1 aromatic heterocycles. The van der Waals surface area contributed by atoms with E-state index in [9.17, 15) is 4.79 Å². The van der Waals surface area contributed by atoms with Crippen molar-refractivity contribution in [1.29, 1.82) is 0 Å². The Kier molecular flexibility index (Phi) is 5.86. The van der Waals surface area contributed by atoms with Crippen molar-refractivity contribution in [2.45, 2.75) is 19.9 Å². The van der Waals surface area contributed by atoms with E-state index in [4.69, 9.17) is 13.9 Å². The van der Waals surface area contributed by atoms with Crippen molar-refractivity contribution in [3.63, 3.8) is 0 Å². The first-order valence-corrected chi connectivity index (χ1v) is 7.40. The molecule has 0 radical (unpaired) electrons. The van der Waals surface area contributed by atoms with E-state index in [0.717, 1.165) is 5.56 Å². The maximum Gasteiger partial charge on any atom is 0.258 e. The van der Waals surface area contributed by atoms with Gasteiger partial charge in [-0.1, -0.05) is 18.2 Å². The predicted octanol–water partition coefficient (Wildman–Crippen LogP) is 3.58. The summed E-state index contributed by atoms with van der Waals surface area (Å²) in [5, 5.41) is 2.81. The number of benzene rings is 1. The smallest absolute Gasteiger partial charge is 0.258 e. The molecule has 0 aliphatic heterocycles. The molecule has 23 heavy (non-hydrogen) atoms. The van der Waals surface area contributed by atoms with Crippen LogP contribution in [-0.4, -0.2) is 19.6 Å². The molecular weight excluding hydrogens is 294 g/mol. The van der Waals surface area contributed by atoms with Crippen molar-refractivity contribution in [2.24, 2.45) is 0 Å². The second-order valence-electron chi connectivity index (χ2n) is 5.00. The fraction of sp³-hybridized carbons (Fsp3) is 0.278. The Morgan fingerprint density at radius 1 is 1.35 bits per heavy atom. The number of furan rings is 1. The molecule has 0 bridgehead atoms. The van der Waals surface area contributed by atoms with E-state index in [0.29, 0.717) is 17.3 Å². The summed E-state index contributed by atoms with van der Waals surface area (Å²) in [5.41, 5.74) is 1.01. The summed E-state index contributed by atoms with van der Waals surface area (Å²) >= 11 is 0. The van der Waals surface area contributed by atoms with E-state index >= 15 is 0 Å².